The molecule has 0 aliphatic rings. The third-order valence-electron chi connectivity index (χ3n) is 3.02. The van der Waals surface area contributed by atoms with Crippen LogP contribution in [0, 0.1) is 11.8 Å². The maximum atomic E-state index is 12.2. The van der Waals surface area contributed by atoms with Gasteiger partial charge in [-0.15, -0.1) is 0 Å². The quantitative estimate of drug-likeness (QED) is 0.721. The van der Waals surface area contributed by atoms with Crippen molar-refractivity contribution in [2.45, 2.75) is 53.4 Å². The molecule has 0 fully saturated rings. The Morgan fingerprint density at radius 3 is 2.40 bits per heavy atom. The highest BCUT2D eigenvalue weighted by molar-refractivity contribution is 5.77. The van der Waals surface area contributed by atoms with E-state index >= 15 is 0 Å². The fourth-order valence-corrected chi connectivity index (χ4v) is 2.23. The van der Waals surface area contributed by atoms with E-state index in [0.717, 1.165) is 18.7 Å². The smallest absolute Gasteiger partial charge is 0.316 e. The molecule has 0 radical (unpaired) electrons. The van der Waals surface area contributed by atoms with Crippen molar-refractivity contribution >= 4 is 5.97 Å². The summed E-state index contributed by atoms with van der Waals surface area (Å²) in [5, 5.41) is 4.42. The van der Waals surface area contributed by atoms with Crippen LogP contribution in [0.5, 0.6) is 0 Å². The Bertz CT molecular complexity index is 438. The van der Waals surface area contributed by atoms with Crippen LogP contribution in [-0.4, -0.2) is 27.3 Å². The average molecular weight is 281 g/mol. The standard InChI is InChI=1S/C15H27N3O2/c1-7-20-15(19)12(8-10(2)3)14-16-13(9-11(4)5)17-18(14)6/h10-12H,7-9H2,1-6H3. The van der Waals surface area contributed by atoms with Crippen molar-refractivity contribution in [2.75, 3.05) is 6.61 Å². The second-order valence-corrected chi connectivity index (χ2v) is 6.04. The molecule has 1 aromatic heterocycles. The van der Waals surface area contributed by atoms with E-state index in [9.17, 15) is 4.79 Å². The maximum Gasteiger partial charge on any atom is 0.316 e. The zero-order valence-electron chi connectivity index (χ0n) is 13.5. The second-order valence-electron chi connectivity index (χ2n) is 6.04. The molecule has 1 unspecified atom stereocenters. The van der Waals surface area contributed by atoms with Crippen LogP contribution in [0.1, 0.15) is 58.6 Å². The van der Waals surface area contributed by atoms with Gasteiger partial charge >= 0.3 is 5.97 Å². The van der Waals surface area contributed by atoms with E-state index in [1.54, 1.807) is 4.68 Å². The van der Waals surface area contributed by atoms with Crippen molar-refractivity contribution in [3.63, 3.8) is 0 Å². The van der Waals surface area contributed by atoms with Crippen molar-refractivity contribution in [1.29, 1.82) is 0 Å². The van der Waals surface area contributed by atoms with Gasteiger partial charge in [0.1, 0.15) is 11.7 Å². The maximum absolute atomic E-state index is 12.2. The Morgan fingerprint density at radius 1 is 1.25 bits per heavy atom. The van der Waals surface area contributed by atoms with Crippen molar-refractivity contribution in [3.05, 3.63) is 11.6 Å². The number of nitrogens with zero attached hydrogens (tertiary/aromatic N) is 3. The lowest BCUT2D eigenvalue weighted by Gasteiger charge is -2.16. The van der Waals surface area contributed by atoms with Gasteiger partial charge in [0.05, 0.1) is 6.61 Å². The molecule has 1 atom stereocenters. The molecule has 0 aliphatic heterocycles. The number of carbonyl (C=O) groups is 1. The third kappa shape index (κ3) is 4.62. The van der Waals surface area contributed by atoms with E-state index in [1.807, 2.05) is 14.0 Å². The SMILES string of the molecule is CCOC(=O)C(CC(C)C)c1nc(CC(C)C)nn1C. The number of rotatable bonds is 7. The summed E-state index contributed by atoms with van der Waals surface area (Å²) in [5.74, 6) is 1.88. The molecule has 114 valence electrons. The van der Waals surface area contributed by atoms with Gasteiger partial charge in [-0.05, 0) is 25.2 Å². The molecule has 0 aliphatic carbocycles. The molecule has 5 nitrogen and oxygen atoms in total. The van der Waals surface area contributed by atoms with Gasteiger partial charge in [-0.2, -0.15) is 5.10 Å². The largest absolute Gasteiger partial charge is 0.465 e. The fourth-order valence-electron chi connectivity index (χ4n) is 2.23. The van der Waals surface area contributed by atoms with Gasteiger partial charge in [0.2, 0.25) is 0 Å². The summed E-state index contributed by atoms with van der Waals surface area (Å²) in [6.07, 6.45) is 1.55. The topological polar surface area (TPSA) is 57.0 Å². The van der Waals surface area contributed by atoms with Crippen LogP contribution in [-0.2, 0) is 23.0 Å². The van der Waals surface area contributed by atoms with Gasteiger partial charge < -0.3 is 4.74 Å². The second kappa shape index (κ2) is 7.41. The summed E-state index contributed by atoms with van der Waals surface area (Å²) < 4.78 is 6.91. The summed E-state index contributed by atoms with van der Waals surface area (Å²) >= 11 is 0. The van der Waals surface area contributed by atoms with Crippen molar-refractivity contribution in [1.82, 2.24) is 14.8 Å². The van der Waals surface area contributed by atoms with Crippen molar-refractivity contribution in [3.8, 4) is 0 Å². The number of hydrogen-bond acceptors (Lipinski definition) is 4. The number of aromatic nitrogens is 3. The first-order chi connectivity index (χ1) is 9.35. The minimum Gasteiger partial charge on any atom is -0.465 e. The molecule has 0 amide bonds. The van der Waals surface area contributed by atoms with E-state index < -0.39 is 0 Å². The molecule has 0 bridgehead atoms. The number of hydrogen-bond donors (Lipinski definition) is 0. The molecule has 0 N–H and O–H groups in total. The lowest BCUT2D eigenvalue weighted by atomic mass is 9.96. The highest BCUT2D eigenvalue weighted by atomic mass is 16.5. The average Bonchev–Trinajstić information content (AvgIpc) is 2.66. The van der Waals surface area contributed by atoms with Crippen LogP contribution in [0.3, 0.4) is 0 Å². The molecule has 5 heteroatoms. The zero-order valence-corrected chi connectivity index (χ0v) is 13.5. The Balaban J connectivity index is 3.00. The van der Waals surface area contributed by atoms with E-state index in [0.29, 0.717) is 24.3 Å². The van der Waals surface area contributed by atoms with Gasteiger partial charge in [0.15, 0.2) is 5.82 Å². The molecule has 0 spiro atoms. The van der Waals surface area contributed by atoms with E-state index in [-0.39, 0.29) is 11.9 Å². The van der Waals surface area contributed by atoms with Gasteiger partial charge in [-0.25, -0.2) is 4.98 Å². The summed E-state index contributed by atoms with van der Waals surface area (Å²) in [6.45, 7) is 10.7. The molecule has 0 aromatic carbocycles. The van der Waals surface area contributed by atoms with Crippen LogP contribution in [0.15, 0.2) is 0 Å². The predicted molar refractivity (Wildman–Crippen MR) is 78.4 cm³/mol. The normalized spacial score (nSPS) is 13.0. The third-order valence-corrected chi connectivity index (χ3v) is 3.02. The number of ether oxygens (including phenoxy) is 1. The van der Waals surface area contributed by atoms with Crippen LogP contribution < -0.4 is 0 Å². The van der Waals surface area contributed by atoms with E-state index in [2.05, 4.69) is 37.8 Å². The minimum atomic E-state index is -0.326. The van der Waals surface area contributed by atoms with E-state index in [4.69, 9.17) is 4.74 Å². The lowest BCUT2D eigenvalue weighted by Crippen LogP contribution is -2.21. The summed E-state index contributed by atoms with van der Waals surface area (Å²) in [5.41, 5.74) is 0. The highest BCUT2D eigenvalue weighted by Crippen LogP contribution is 2.24. The molecular formula is C15H27N3O2. The first-order valence-corrected chi connectivity index (χ1v) is 7.41. The Labute approximate surface area is 121 Å². The number of carbonyl (C=O) groups excluding carboxylic acids is 1. The van der Waals surface area contributed by atoms with Gasteiger partial charge in [-0.3, -0.25) is 9.48 Å². The molecule has 20 heavy (non-hydrogen) atoms. The lowest BCUT2D eigenvalue weighted by molar-refractivity contribution is -0.145. The fraction of sp³-hybridized carbons (Fsp3) is 0.800. The zero-order chi connectivity index (χ0) is 15.3. The molecule has 0 saturated heterocycles. The van der Waals surface area contributed by atoms with Gasteiger partial charge in [0.25, 0.3) is 0 Å². The van der Waals surface area contributed by atoms with Crippen LogP contribution in [0.2, 0.25) is 0 Å². The predicted octanol–water partition coefficient (Wildman–Crippen LogP) is 2.71. The summed E-state index contributed by atoms with van der Waals surface area (Å²) in [7, 11) is 1.85. The van der Waals surface area contributed by atoms with Crippen LogP contribution in [0.4, 0.5) is 0 Å². The molecule has 1 heterocycles. The molecule has 1 aromatic rings. The number of esters is 1. The molecule has 1 rings (SSSR count). The Morgan fingerprint density at radius 2 is 1.90 bits per heavy atom. The van der Waals surface area contributed by atoms with Crippen LogP contribution in [0.25, 0.3) is 0 Å². The Hall–Kier alpha value is -1.39. The minimum absolute atomic E-state index is 0.201. The van der Waals surface area contributed by atoms with Gasteiger partial charge in [0, 0.05) is 13.5 Å². The highest BCUT2D eigenvalue weighted by Gasteiger charge is 2.28. The first-order valence-electron chi connectivity index (χ1n) is 7.41. The van der Waals surface area contributed by atoms with Crippen LogP contribution >= 0.6 is 0 Å². The summed E-state index contributed by atoms with van der Waals surface area (Å²) in [4.78, 5) is 16.7. The molecular weight excluding hydrogens is 254 g/mol. The molecule has 0 saturated carbocycles. The van der Waals surface area contributed by atoms with E-state index in [1.165, 1.54) is 0 Å². The Kier molecular flexibility index (Phi) is 6.17. The van der Waals surface area contributed by atoms with Gasteiger partial charge in [-0.1, -0.05) is 27.7 Å². The monoisotopic (exact) mass is 281 g/mol. The number of aryl methyl sites for hydroxylation is 1. The van der Waals surface area contributed by atoms with Crippen molar-refractivity contribution in [2.24, 2.45) is 18.9 Å². The first kappa shape index (κ1) is 16.7. The van der Waals surface area contributed by atoms with Crippen molar-refractivity contribution < 1.29 is 9.53 Å². The summed E-state index contributed by atoms with van der Waals surface area (Å²) in [6, 6.07) is 0.